The molecule has 1 saturated carbocycles. The number of rotatable bonds is 10. The van der Waals surface area contributed by atoms with Gasteiger partial charge in [-0.25, -0.2) is 4.79 Å². The number of fused-ring (bicyclic) bond motifs is 4. The zero-order valence-electron chi connectivity index (χ0n) is 25.9. The van der Waals surface area contributed by atoms with E-state index in [1.54, 1.807) is 12.0 Å². The quantitative estimate of drug-likeness (QED) is 0.232. The van der Waals surface area contributed by atoms with Crippen molar-refractivity contribution in [1.82, 2.24) is 14.4 Å². The van der Waals surface area contributed by atoms with E-state index in [1.165, 1.54) is 33.2 Å². The maximum Gasteiger partial charge on any atom is 0.409 e. The molecule has 0 radical (unpaired) electrons. The van der Waals surface area contributed by atoms with E-state index in [9.17, 15) is 9.59 Å². The van der Waals surface area contributed by atoms with Crippen LogP contribution in [0.3, 0.4) is 0 Å². The summed E-state index contributed by atoms with van der Waals surface area (Å²) in [6, 6.07) is 25.0. The molecule has 2 N–H and O–H groups in total. The number of ether oxygens (including phenoxy) is 2. The van der Waals surface area contributed by atoms with Gasteiger partial charge in [-0.3, -0.25) is 4.79 Å². The van der Waals surface area contributed by atoms with Crippen LogP contribution in [-0.2, 0) is 27.4 Å². The number of carbonyl (C=O) groups is 2. The van der Waals surface area contributed by atoms with Crippen molar-refractivity contribution in [1.29, 1.82) is 0 Å². The van der Waals surface area contributed by atoms with Gasteiger partial charge in [-0.1, -0.05) is 66.7 Å². The second-order valence-corrected chi connectivity index (χ2v) is 12.8. The third-order valence-corrected chi connectivity index (χ3v) is 9.66. The van der Waals surface area contributed by atoms with Gasteiger partial charge in [0.15, 0.2) is 0 Å². The molecule has 3 aromatic carbocycles. The molecule has 4 aromatic rings. The van der Waals surface area contributed by atoms with Crippen LogP contribution in [0, 0.1) is 5.92 Å². The summed E-state index contributed by atoms with van der Waals surface area (Å²) in [5.74, 6) is -0.288. The molecule has 2 atom stereocenters. The third-order valence-electron chi connectivity index (χ3n) is 9.66. The normalized spacial score (nSPS) is 19.4. The van der Waals surface area contributed by atoms with Crippen LogP contribution in [0.4, 0.5) is 4.79 Å². The second-order valence-electron chi connectivity index (χ2n) is 12.8. The number of hydrogen-bond donors (Lipinski definition) is 1. The van der Waals surface area contributed by atoms with Crippen molar-refractivity contribution < 1.29 is 19.1 Å². The van der Waals surface area contributed by atoms with Gasteiger partial charge in [0.25, 0.3) is 0 Å². The minimum Gasteiger partial charge on any atom is -0.448 e. The first-order chi connectivity index (χ1) is 22.0. The monoisotopic (exact) mass is 606 g/mol. The van der Waals surface area contributed by atoms with E-state index in [0.29, 0.717) is 32.7 Å². The van der Waals surface area contributed by atoms with Crippen molar-refractivity contribution in [2.24, 2.45) is 11.7 Å². The molecule has 2 heterocycles. The Kier molecular flexibility index (Phi) is 8.34. The number of amides is 2. The highest BCUT2D eigenvalue weighted by Gasteiger charge is 2.40. The summed E-state index contributed by atoms with van der Waals surface area (Å²) >= 11 is 0. The maximum atomic E-state index is 14.2. The van der Waals surface area contributed by atoms with E-state index >= 15 is 0 Å². The number of carbonyl (C=O) groups excluding carboxylic acids is 2. The first-order valence-corrected chi connectivity index (χ1v) is 16.2. The lowest BCUT2D eigenvalue weighted by atomic mass is 9.93. The molecule has 3 aliphatic rings. The van der Waals surface area contributed by atoms with Crippen LogP contribution in [0.5, 0.6) is 0 Å². The van der Waals surface area contributed by atoms with Gasteiger partial charge < -0.3 is 29.6 Å². The molecule has 1 saturated heterocycles. The van der Waals surface area contributed by atoms with Crippen LogP contribution < -0.4 is 5.73 Å². The van der Waals surface area contributed by atoms with Gasteiger partial charge in [0.1, 0.15) is 6.61 Å². The van der Waals surface area contributed by atoms with Gasteiger partial charge in [-0.05, 0) is 59.6 Å². The van der Waals surface area contributed by atoms with Crippen LogP contribution in [-0.4, -0.2) is 71.9 Å². The van der Waals surface area contributed by atoms with Crippen LogP contribution in [0.1, 0.15) is 48.3 Å². The van der Waals surface area contributed by atoms with E-state index < -0.39 is 6.09 Å². The number of nitrogens with two attached hydrogens (primary N) is 1. The fourth-order valence-corrected chi connectivity index (χ4v) is 7.36. The summed E-state index contributed by atoms with van der Waals surface area (Å²) in [6.45, 7) is 3.08. The first kappa shape index (κ1) is 29.6. The molecule has 234 valence electrons. The zero-order valence-corrected chi connectivity index (χ0v) is 25.9. The molecule has 0 spiro atoms. The number of piperidine rings is 1. The molecule has 1 aliphatic heterocycles. The van der Waals surface area contributed by atoms with E-state index in [-0.39, 0.29) is 36.4 Å². The lowest BCUT2D eigenvalue weighted by molar-refractivity contribution is -0.138. The van der Waals surface area contributed by atoms with E-state index in [2.05, 4.69) is 59.3 Å². The lowest BCUT2D eigenvalue weighted by Crippen LogP contribution is -2.54. The Morgan fingerprint density at radius 2 is 1.62 bits per heavy atom. The zero-order chi connectivity index (χ0) is 30.9. The maximum absolute atomic E-state index is 14.2. The third kappa shape index (κ3) is 5.97. The molecule has 7 rings (SSSR count). The van der Waals surface area contributed by atoms with Gasteiger partial charge in [0.2, 0.25) is 5.91 Å². The number of aromatic nitrogens is 1. The van der Waals surface area contributed by atoms with Crippen LogP contribution in [0.15, 0.2) is 79.0 Å². The van der Waals surface area contributed by atoms with E-state index in [0.717, 1.165) is 31.4 Å². The number of para-hydroxylation sites is 1. The highest BCUT2D eigenvalue weighted by atomic mass is 16.6. The van der Waals surface area contributed by atoms with Gasteiger partial charge >= 0.3 is 6.09 Å². The highest BCUT2D eigenvalue weighted by Crippen LogP contribution is 2.44. The Labute approximate surface area is 264 Å². The first-order valence-electron chi connectivity index (χ1n) is 16.2. The molecule has 2 aliphatic carbocycles. The SMILES string of the molecule is COCCCn1cc(CN(C(=O)C2CC(N)CN(C(=O)OCC3c4ccccc4-c4ccccc43)C2)C2CC2)c2ccccc21. The fraction of sp³-hybridized carbons (Fsp3) is 0.405. The van der Waals surface area contributed by atoms with Crippen molar-refractivity contribution in [3.63, 3.8) is 0 Å². The van der Waals surface area contributed by atoms with Crippen molar-refractivity contribution in [3.8, 4) is 11.1 Å². The van der Waals surface area contributed by atoms with Crippen molar-refractivity contribution >= 4 is 22.9 Å². The lowest BCUT2D eigenvalue weighted by Gasteiger charge is -2.37. The molecule has 45 heavy (non-hydrogen) atoms. The minimum atomic E-state index is -0.401. The minimum absolute atomic E-state index is 0.0146. The Hall–Kier alpha value is -4.14. The topological polar surface area (TPSA) is 90.0 Å². The Morgan fingerprint density at radius 1 is 0.933 bits per heavy atom. The molecule has 8 heteroatoms. The van der Waals surface area contributed by atoms with Gasteiger partial charge in [-0.2, -0.15) is 0 Å². The van der Waals surface area contributed by atoms with Crippen molar-refractivity contribution in [3.05, 3.63) is 95.7 Å². The smallest absolute Gasteiger partial charge is 0.409 e. The average molecular weight is 607 g/mol. The Bertz CT molecular complexity index is 1650. The van der Waals surface area contributed by atoms with Gasteiger partial charge in [0.05, 0.1) is 5.92 Å². The number of hydrogen-bond acceptors (Lipinski definition) is 5. The number of nitrogens with zero attached hydrogens (tertiary/aromatic N) is 3. The molecule has 0 bridgehead atoms. The second kappa shape index (κ2) is 12.7. The largest absolute Gasteiger partial charge is 0.448 e. The fourth-order valence-electron chi connectivity index (χ4n) is 7.36. The van der Waals surface area contributed by atoms with Crippen LogP contribution in [0.25, 0.3) is 22.0 Å². The Balaban J connectivity index is 1.04. The predicted octanol–water partition coefficient (Wildman–Crippen LogP) is 5.77. The molecular weight excluding hydrogens is 564 g/mol. The van der Waals surface area contributed by atoms with Crippen molar-refractivity contribution in [2.75, 3.05) is 33.4 Å². The summed E-state index contributed by atoms with van der Waals surface area (Å²) < 4.78 is 13.5. The molecule has 2 unspecified atom stereocenters. The standard InChI is InChI=1S/C37H42N4O4/c1-44-18-8-17-39-21-26(29-9-6-7-14-35(29)39)22-41(28-15-16-28)36(42)25-19-27(38)23-40(20-25)37(43)45-24-34-32-12-4-2-10-30(32)31-11-3-5-13-33(31)34/h2-7,9-14,21,25,27-28,34H,8,15-20,22-24,38H2,1H3. The number of aryl methyl sites for hydroxylation is 1. The van der Waals surface area contributed by atoms with Gasteiger partial charge in [0, 0.05) is 75.0 Å². The molecule has 2 fully saturated rings. The number of likely N-dealkylation sites (tertiary alicyclic amines) is 1. The highest BCUT2D eigenvalue weighted by molar-refractivity contribution is 5.86. The predicted molar refractivity (Wildman–Crippen MR) is 175 cm³/mol. The van der Waals surface area contributed by atoms with Crippen molar-refractivity contribution in [2.45, 2.75) is 56.8 Å². The van der Waals surface area contributed by atoms with E-state index in [1.807, 2.05) is 29.2 Å². The number of methoxy groups -OCH3 is 1. The van der Waals surface area contributed by atoms with Crippen LogP contribution in [0.2, 0.25) is 0 Å². The molecular formula is C37H42N4O4. The summed E-state index contributed by atoms with van der Waals surface area (Å²) in [5.41, 5.74) is 13.5. The summed E-state index contributed by atoms with van der Waals surface area (Å²) in [4.78, 5) is 31.3. The summed E-state index contributed by atoms with van der Waals surface area (Å²) in [5, 5.41) is 1.17. The van der Waals surface area contributed by atoms with E-state index in [4.69, 9.17) is 15.2 Å². The number of benzene rings is 3. The average Bonchev–Trinajstić information content (AvgIpc) is 3.78. The Morgan fingerprint density at radius 3 is 2.33 bits per heavy atom. The molecule has 1 aromatic heterocycles. The summed E-state index contributed by atoms with van der Waals surface area (Å²) in [7, 11) is 1.73. The summed E-state index contributed by atoms with van der Waals surface area (Å²) in [6.07, 6.45) is 5.29. The van der Waals surface area contributed by atoms with Gasteiger partial charge in [-0.15, -0.1) is 0 Å². The molecule has 2 amide bonds. The molecule has 8 nitrogen and oxygen atoms in total. The van der Waals surface area contributed by atoms with Crippen LogP contribution >= 0.6 is 0 Å².